The molecule has 1 aromatic carbocycles. The number of anilines is 1. The third kappa shape index (κ3) is 5.18. The molecule has 0 atom stereocenters. The molecule has 2 N–H and O–H groups in total. The highest BCUT2D eigenvalue weighted by atomic mass is 19.4. The highest BCUT2D eigenvalue weighted by molar-refractivity contribution is 5.97. The fourth-order valence-electron chi connectivity index (χ4n) is 4.49. The van der Waals surface area contributed by atoms with Gasteiger partial charge in [-0.1, -0.05) is 13.0 Å². The van der Waals surface area contributed by atoms with Crippen LogP contribution in [0.5, 0.6) is 0 Å². The zero-order chi connectivity index (χ0) is 26.0. The van der Waals surface area contributed by atoms with E-state index >= 15 is 0 Å². The number of aryl methyl sites for hydroxylation is 1. The number of carbonyl (C=O) groups excluding carboxylic acids is 1. The normalized spacial score (nSPS) is 14.9. The smallest absolute Gasteiger partial charge is 0.384 e. The summed E-state index contributed by atoms with van der Waals surface area (Å²) in [5.74, 6) is -0.288. The van der Waals surface area contributed by atoms with Crippen molar-refractivity contribution in [2.24, 2.45) is 0 Å². The van der Waals surface area contributed by atoms with Gasteiger partial charge in [0.2, 0.25) is 0 Å². The Hall–Kier alpha value is -3.53. The second-order valence-electron chi connectivity index (χ2n) is 9.05. The maximum atomic E-state index is 14.2. The van der Waals surface area contributed by atoms with E-state index < -0.39 is 17.6 Å². The summed E-state index contributed by atoms with van der Waals surface area (Å²) in [6, 6.07) is 7.46. The SMILES string of the molecule is CCc1ncnc(-c2ccc(C(=O)N3CCN(C(C)C)CC3)c(C(F)(F)F)c2)c1-c1ccc(N)nc1. The molecule has 0 spiro atoms. The molecule has 1 saturated heterocycles. The van der Waals surface area contributed by atoms with Gasteiger partial charge in [-0.3, -0.25) is 9.69 Å². The van der Waals surface area contributed by atoms with Gasteiger partial charge in [0.05, 0.1) is 22.5 Å². The molecule has 0 radical (unpaired) electrons. The molecule has 190 valence electrons. The minimum absolute atomic E-state index is 0.243. The number of nitrogen functional groups attached to an aromatic ring is 1. The molecule has 0 saturated carbocycles. The van der Waals surface area contributed by atoms with Crippen molar-refractivity contribution in [1.29, 1.82) is 0 Å². The number of aromatic nitrogens is 3. The first-order valence-corrected chi connectivity index (χ1v) is 11.9. The number of hydrogen-bond donors (Lipinski definition) is 1. The molecule has 4 rings (SSSR count). The zero-order valence-corrected chi connectivity index (χ0v) is 20.5. The maximum absolute atomic E-state index is 14.2. The average molecular weight is 499 g/mol. The van der Waals surface area contributed by atoms with Crippen LogP contribution in [-0.2, 0) is 12.6 Å². The summed E-state index contributed by atoms with van der Waals surface area (Å²) in [5, 5.41) is 0. The van der Waals surface area contributed by atoms with E-state index in [2.05, 4.69) is 33.7 Å². The van der Waals surface area contributed by atoms with Crippen molar-refractivity contribution in [3.63, 3.8) is 0 Å². The fraction of sp³-hybridized carbons (Fsp3) is 0.385. The van der Waals surface area contributed by atoms with Crippen molar-refractivity contribution < 1.29 is 18.0 Å². The number of benzene rings is 1. The zero-order valence-electron chi connectivity index (χ0n) is 20.5. The van der Waals surface area contributed by atoms with Crippen molar-refractivity contribution >= 4 is 11.7 Å². The minimum Gasteiger partial charge on any atom is -0.384 e. The van der Waals surface area contributed by atoms with Gasteiger partial charge in [-0.05, 0) is 44.5 Å². The Morgan fingerprint density at radius 3 is 2.31 bits per heavy atom. The summed E-state index contributed by atoms with van der Waals surface area (Å²) in [7, 11) is 0. The number of carbonyl (C=O) groups is 1. The van der Waals surface area contributed by atoms with Crippen LogP contribution in [0.2, 0.25) is 0 Å². The van der Waals surface area contributed by atoms with Gasteiger partial charge in [-0.2, -0.15) is 13.2 Å². The van der Waals surface area contributed by atoms with Crippen molar-refractivity contribution in [3.05, 3.63) is 59.7 Å². The molecular formula is C26H29F3N6O. The van der Waals surface area contributed by atoms with E-state index in [1.54, 1.807) is 18.3 Å². The molecule has 2 aromatic heterocycles. The molecule has 1 amide bonds. The predicted octanol–water partition coefficient (Wildman–Crippen LogP) is 4.54. The van der Waals surface area contributed by atoms with E-state index in [1.807, 2.05) is 6.92 Å². The van der Waals surface area contributed by atoms with Crippen LogP contribution in [0.3, 0.4) is 0 Å². The molecule has 36 heavy (non-hydrogen) atoms. The largest absolute Gasteiger partial charge is 0.417 e. The number of pyridine rings is 1. The van der Waals surface area contributed by atoms with E-state index in [4.69, 9.17) is 5.73 Å². The van der Waals surface area contributed by atoms with E-state index in [1.165, 1.54) is 23.4 Å². The van der Waals surface area contributed by atoms with Gasteiger partial charge in [-0.25, -0.2) is 15.0 Å². The van der Waals surface area contributed by atoms with E-state index in [0.29, 0.717) is 67.0 Å². The molecule has 1 aliphatic rings. The van der Waals surface area contributed by atoms with Gasteiger partial charge in [0.1, 0.15) is 12.1 Å². The molecule has 0 unspecified atom stereocenters. The predicted molar refractivity (Wildman–Crippen MR) is 132 cm³/mol. The summed E-state index contributed by atoms with van der Waals surface area (Å²) in [6.07, 6.45) is -1.29. The fourth-order valence-corrected chi connectivity index (χ4v) is 4.49. The third-order valence-electron chi connectivity index (χ3n) is 6.50. The van der Waals surface area contributed by atoms with Gasteiger partial charge in [0, 0.05) is 55.1 Å². The van der Waals surface area contributed by atoms with Crippen LogP contribution >= 0.6 is 0 Å². The molecule has 0 bridgehead atoms. The lowest BCUT2D eigenvalue weighted by atomic mass is 9.94. The Bertz CT molecular complexity index is 1240. The lowest BCUT2D eigenvalue weighted by molar-refractivity contribution is -0.138. The first kappa shape index (κ1) is 25.6. The molecule has 1 aliphatic heterocycles. The highest BCUT2D eigenvalue weighted by Gasteiger charge is 2.37. The molecule has 7 nitrogen and oxygen atoms in total. The lowest BCUT2D eigenvalue weighted by Gasteiger charge is -2.37. The summed E-state index contributed by atoms with van der Waals surface area (Å²) in [5.41, 5.74) is 6.86. The van der Waals surface area contributed by atoms with Crippen LogP contribution in [0.25, 0.3) is 22.4 Å². The summed E-state index contributed by atoms with van der Waals surface area (Å²) in [4.78, 5) is 29.6. The van der Waals surface area contributed by atoms with Crippen molar-refractivity contribution in [2.75, 3.05) is 31.9 Å². The Morgan fingerprint density at radius 2 is 1.72 bits per heavy atom. The maximum Gasteiger partial charge on any atom is 0.417 e. The number of rotatable bonds is 5. The first-order chi connectivity index (χ1) is 17.1. The Morgan fingerprint density at radius 1 is 1.03 bits per heavy atom. The van der Waals surface area contributed by atoms with Crippen molar-refractivity contribution in [1.82, 2.24) is 24.8 Å². The van der Waals surface area contributed by atoms with Crippen LogP contribution < -0.4 is 5.73 Å². The van der Waals surface area contributed by atoms with Crippen LogP contribution in [0.4, 0.5) is 19.0 Å². The van der Waals surface area contributed by atoms with E-state index in [9.17, 15) is 18.0 Å². The number of amides is 1. The van der Waals surface area contributed by atoms with Crippen molar-refractivity contribution in [2.45, 2.75) is 39.4 Å². The lowest BCUT2D eigenvalue weighted by Crippen LogP contribution is -2.50. The summed E-state index contributed by atoms with van der Waals surface area (Å²) >= 11 is 0. The second kappa shape index (κ2) is 10.2. The number of alkyl halides is 3. The summed E-state index contributed by atoms with van der Waals surface area (Å²) in [6.45, 7) is 8.05. The number of hydrogen-bond acceptors (Lipinski definition) is 6. The number of halogens is 3. The van der Waals surface area contributed by atoms with Crippen molar-refractivity contribution in [3.8, 4) is 22.4 Å². The quantitative estimate of drug-likeness (QED) is 0.556. The molecule has 3 aromatic rings. The van der Waals surface area contributed by atoms with Crippen LogP contribution in [-0.4, -0.2) is 62.9 Å². The van der Waals surface area contributed by atoms with Gasteiger partial charge >= 0.3 is 6.18 Å². The third-order valence-corrected chi connectivity index (χ3v) is 6.50. The molecule has 3 heterocycles. The van der Waals surface area contributed by atoms with Gasteiger partial charge in [0.25, 0.3) is 5.91 Å². The number of nitrogens with two attached hydrogens (primary N) is 1. The Balaban J connectivity index is 1.76. The molecular weight excluding hydrogens is 469 g/mol. The molecule has 10 heteroatoms. The summed E-state index contributed by atoms with van der Waals surface area (Å²) < 4.78 is 42.7. The number of piperazine rings is 1. The Labute approximate surface area is 208 Å². The average Bonchev–Trinajstić information content (AvgIpc) is 2.87. The topological polar surface area (TPSA) is 88.2 Å². The molecule has 0 aliphatic carbocycles. The van der Waals surface area contributed by atoms with Gasteiger partial charge in [0.15, 0.2) is 0 Å². The first-order valence-electron chi connectivity index (χ1n) is 11.9. The van der Waals surface area contributed by atoms with Gasteiger partial charge in [-0.15, -0.1) is 0 Å². The van der Waals surface area contributed by atoms with E-state index in [-0.39, 0.29) is 11.1 Å². The second-order valence-corrected chi connectivity index (χ2v) is 9.05. The number of nitrogens with zero attached hydrogens (tertiary/aromatic N) is 5. The van der Waals surface area contributed by atoms with Crippen LogP contribution in [0, 0.1) is 0 Å². The minimum atomic E-state index is -4.72. The van der Waals surface area contributed by atoms with Gasteiger partial charge < -0.3 is 10.6 Å². The van der Waals surface area contributed by atoms with Crippen LogP contribution in [0.1, 0.15) is 42.4 Å². The molecule has 1 fully saturated rings. The standard InChI is InChI=1S/C26H29F3N6O/c1-4-21-23(18-6-8-22(30)31-14-18)24(33-15-32-21)17-5-7-19(20(13-17)26(27,28)29)25(36)35-11-9-34(10-12-35)16(2)3/h5-8,13-16H,4,9-12H2,1-3H3,(H2,30,31). The van der Waals surface area contributed by atoms with Crippen LogP contribution in [0.15, 0.2) is 42.9 Å². The Kier molecular flexibility index (Phi) is 7.26. The highest BCUT2D eigenvalue weighted by Crippen LogP contribution is 2.38. The monoisotopic (exact) mass is 498 g/mol. The van der Waals surface area contributed by atoms with E-state index in [0.717, 1.165) is 6.07 Å².